The van der Waals surface area contributed by atoms with Gasteiger partial charge in [0.1, 0.15) is 0 Å². The van der Waals surface area contributed by atoms with Crippen molar-refractivity contribution in [1.29, 1.82) is 0 Å². The van der Waals surface area contributed by atoms with Crippen molar-refractivity contribution in [2.45, 2.75) is 32.3 Å². The summed E-state index contributed by atoms with van der Waals surface area (Å²) in [7, 11) is 0. The molecule has 0 heterocycles. The van der Waals surface area contributed by atoms with Crippen LogP contribution in [0.5, 0.6) is 0 Å². The number of aliphatic hydroxyl groups is 1. The summed E-state index contributed by atoms with van der Waals surface area (Å²) in [6, 6.07) is 0. The van der Waals surface area contributed by atoms with E-state index in [1.165, 1.54) is 0 Å². The lowest BCUT2D eigenvalue weighted by molar-refractivity contribution is -0.0506. The summed E-state index contributed by atoms with van der Waals surface area (Å²) in [4.78, 5) is 0. The van der Waals surface area contributed by atoms with Gasteiger partial charge in [0.2, 0.25) is 0 Å². The Labute approximate surface area is 44.4 Å². The van der Waals surface area contributed by atoms with Crippen LogP contribution < -0.4 is 0 Å². The van der Waals surface area contributed by atoms with Crippen LogP contribution in [0.1, 0.15) is 26.7 Å². The maximum absolute atomic E-state index is 9.08. The average Bonchev–Trinajstić information content (AvgIpc) is 1.27. The summed E-state index contributed by atoms with van der Waals surface area (Å²) in [5.74, 6) is 0.759. The van der Waals surface area contributed by atoms with Crippen molar-refractivity contribution in [1.82, 2.24) is 0 Å². The first-order chi connectivity index (χ1) is 3.10. The Morgan fingerprint density at radius 2 is 2.00 bits per heavy atom. The molecule has 0 unspecified atom stereocenters. The minimum Gasteiger partial charge on any atom is -0.390 e. The second kappa shape index (κ2) is 1.22. The Hall–Kier alpha value is -0.0400. The molecular formula is C6H12O. The molecule has 1 saturated carbocycles. The molecule has 0 aromatic carbocycles. The fourth-order valence-corrected chi connectivity index (χ4v) is 1.44. The number of hydrogen-bond acceptors (Lipinski definition) is 1. The minimum absolute atomic E-state index is 0.306. The fraction of sp³-hybridized carbons (Fsp3) is 1.00. The highest BCUT2D eigenvalue weighted by Crippen LogP contribution is 2.36. The van der Waals surface area contributed by atoms with Crippen LogP contribution in [0, 0.1) is 5.92 Å². The largest absolute Gasteiger partial charge is 0.390 e. The summed E-state index contributed by atoms with van der Waals surface area (Å²) < 4.78 is 0. The molecule has 0 saturated heterocycles. The quantitative estimate of drug-likeness (QED) is 0.484. The van der Waals surface area contributed by atoms with E-state index in [0.29, 0.717) is 0 Å². The van der Waals surface area contributed by atoms with Gasteiger partial charge >= 0.3 is 0 Å². The maximum Gasteiger partial charge on any atom is 0.0624 e. The molecule has 1 aliphatic rings. The molecular weight excluding hydrogens is 88.1 g/mol. The van der Waals surface area contributed by atoms with E-state index in [1.54, 1.807) is 0 Å². The monoisotopic (exact) mass is 100 g/mol. The summed E-state index contributed by atoms with van der Waals surface area (Å²) in [6.45, 7) is 4.06. The topological polar surface area (TPSA) is 20.2 Å². The van der Waals surface area contributed by atoms with Gasteiger partial charge in [-0.25, -0.2) is 0 Å². The molecule has 1 aliphatic carbocycles. The molecule has 1 fully saturated rings. The van der Waals surface area contributed by atoms with Crippen molar-refractivity contribution < 1.29 is 5.11 Å². The van der Waals surface area contributed by atoms with Gasteiger partial charge in [0.25, 0.3) is 0 Å². The van der Waals surface area contributed by atoms with Crippen LogP contribution in [-0.2, 0) is 0 Å². The second-order valence-corrected chi connectivity index (χ2v) is 3.01. The zero-order valence-corrected chi connectivity index (χ0v) is 4.94. The second-order valence-electron chi connectivity index (χ2n) is 3.01. The third-order valence-electron chi connectivity index (χ3n) is 1.58. The Balaban J connectivity index is 2.29. The predicted molar refractivity (Wildman–Crippen MR) is 29.0 cm³/mol. The van der Waals surface area contributed by atoms with Gasteiger partial charge in [0.15, 0.2) is 0 Å². The smallest absolute Gasteiger partial charge is 0.0624 e. The normalized spacial score (nSPS) is 51.0. The molecule has 0 radical (unpaired) electrons. The van der Waals surface area contributed by atoms with E-state index in [1.807, 2.05) is 6.92 Å². The molecule has 7 heavy (non-hydrogen) atoms. The van der Waals surface area contributed by atoms with Gasteiger partial charge in [-0.15, -0.1) is 0 Å². The molecule has 0 bridgehead atoms. The van der Waals surface area contributed by atoms with E-state index in [4.69, 9.17) is 5.11 Å². The van der Waals surface area contributed by atoms with Gasteiger partial charge in [-0.2, -0.15) is 0 Å². The minimum atomic E-state index is -0.306. The molecule has 1 rings (SSSR count). The summed E-state index contributed by atoms with van der Waals surface area (Å²) in [6.07, 6.45) is 1.99. The first-order valence-corrected chi connectivity index (χ1v) is 2.82. The molecule has 1 N–H and O–H groups in total. The average molecular weight is 100 g/mol. The van der Waals surface area contributed by atoms with Crippen molar-refractivity contribution >= 4 is 0 Å². The third kappa shape index (κ3) is 0.942. The van der Waals surface area contributed by atoms with Crippen molar-refractivity contribution in [3.05, 3.63) is 0 Å². The van der Waals surface area contributed by atoms with Crippen LogP contribution in [0.4, 0.5) is 0 Å². The Morgan fingerprint density at radius 1 is 1.57 bits per heavy atom. The summed E-state index contributed by atoms with van der Waals surface area (Å²) in [5.41, 5.74) is -0.306. The Kier molecular flexibility index (Phi) is 0.890. The fourth-order valence-electron chi connectivity index (χ4n) is 1.44. The molecule has 0 aliphatic heterocycles. The third-order valence-corrected chi connectivity index (χ3v) is 1.58. The van der Waals surface area contributed by atoms with Crippen LogP contribution in [-0.4, -0.2) is 10.7 Å². The van der Waals surface area contributed by atoms with Crippen LogP contribution >= 0.6 is 0 Å². The number of hydrogen-bond donors (Lipinski definition) is 1. The van der Waals surface area contributed by atoms with Crippen LogP contribution in [0.3, 0.4) is 0 Å². The highest BCUT2D eigenvalue weighted by atomic mass is 16.3. The summed E-state index contributed by atoms with van der Waals surface area (Å²) >= 11 is 0. The van der Waals surface area contributed by atoms with Crippen molar-refractivity contribution in [3.63, 3.8) is 0 Å². The zero-order chi connectivity index (χ0) is 5.49. The van der Waals surface area contributed by atoms with E-state index >= 15 is 0 Å². The molecule has 42 valence electrons. The molecule has 1 heteroatoms. The summed E-state index contributed by atoms with van der Waals surface area (Å²) in [5, 5.41) is 9.08. The van der Waals surface area contributed by atoms with Crippen molar-refractivity contribution in [3.8, 4) is 0 Å². The Morgan fingerprint density at radius 3 is 2.00 bits per heavy atom. The highest BCUT2D eigenvalue weighted by Gasteiger charge is 2.34. The lowest BCUT2D eigenvalue weighted by Crippen LogP contribution is -2.39. The SMILES string of the molecule is C[C@H]1C[C@@](C)(O)C1. The molecule has 0 atom stereocenters. The predicted octanol–water partition coefficient (Wildman–Crippen LogP) is 1.17. The van der Waals surface area contributed by atoms with Gasteiger partial charge in [0.05, 0.1) is 5.60 Å². The van der Waals surface area contributed by atoms with Gasteiger partial charge in [-0.05, 0) is 25.7 Å². The van der Waals surface area contributed by atoms with Gasteiger partial charge in [-0.1, -0.05) is 6.92 Å². The first kappa shape index (κ1) is 5.10. The maximum atomic E-state index is 9.08. The van der Waals surface area contributed by atoms with Crippen molar-refractivity contribution in [2.75, 3.05) is 0 Å². The van der Waals surface area contributed by atoms with E-state index < -0.39 is 0 Å². The van der Waals surface area contributed by atoms with Crippen LogP contribution in [0.25, 0.3) is 0 Å². The standard InChI is InChI=1S/C6H12O/c1-5-3-6(2,7)4-5/h5,7H,3-4H2,1-2H3/t5-,6+. The Bertz CT molecular complexity index is 68.2. The molecule has 0 amide bonds. The van der Waals surface area contributed by atoms with Crippen LogP contribution in [0.2, 0.25) is 0 Å². The van der Waals surface area contributed by atoms with Gasteiger partial charge in [-0.3, -0.25) is 0 Å². The number of rotatable bonds is 0. The molecule has 0 aromatic rings. The lowest BCUT2D eigenvalue weighted by Gasteiger charge is -2.38. The van der Waals surface area contributed by atoms with Crippen molar-refractivity contribution in [2.24, 2.45) is 5.92 Å². The molecule has 0 spiro atoms. The zero-order valence-electron chi connectivity index (χ0n) is 4.94. The van der Waals surface area contributed by atoms with Gasteiger partial charge < -0.3 is 5.11 Å². The van der Waals surface area contributed by atoms with E-state index in [-0.39, 0.29) is 5.60 Å². The highest BCUT2D eigenvalue weighted by molar-refractivity contribution is 4.87. The van der Waals surface area contributed by atoms with Crippen LogP contribution in [0.15, 0.2) is 0 Å². The molecule has 1 nitrogen and oxygen atoms in total. The first-order valence-electron chi connectivity index (χ1n) is 2.82. The van der Waals surface area contributed by atoms with E-state index in [9.17, 15) is 0 Å². The molecule has 0 aromatic heterocycles. The van der Waals surface area contributed by atoms with E-state index in [2.05, 4.69) is 6.92 Å². The van der Waals surface area contributed by atoms with E-state index in [0.717, 1.165) is 18.8 Å². The van der Waals surface area contributed by atoms with Gasteiger partial charge in [0, 0.05) is 0 Å². The lowest BCUT2D eigenvalue weighted by atomic mass is 9.73.